The van der Waals surface area contributed by atoms with E-state index in [2.05, 4.69) is 5.32 Å². The summed E-state index contributed by atoms with van der Waals surface area (Å²) in [7, 11) is 0. The molecule has 0 unspecified atom stereocenters. The van der Waals surface area contributed by atoms with Crippen molar-refractivity contribution in [2.24, 2.45) is 5.73 Å². The zero-order chi connectivity index (χ0) is 13.0. The lowest BCUT2D eigenvalue weighted by Crippen LogP contribution is -2.16. The fourth-order valence-corrected chi connectivity index (χ4v) is 1.38. The Morgan fingerprint density at radius 1 is 1.29 bits per heavy atom. The van der Waals surface area contributed by atoms with Gasteiger partial charge in [0.1, 0.15) is 5.78 Å². The molecule has 0 aromatic heterocycles. The second kappa shape index (κ2) is 5.25. The van der Waals surface area contributed by atoms with Gasteiger partial charge < -0.3 is 11.1 Å². The normalized spacial score (nSPS) is 9.76. The number of nitrogens with one attached hydrogen (secondary N) is 1. The molecule has 0 radical (unpaired) electrons. The minimum Gasteiger partial charge on any atom is -0.366 e. The Labute approximate surface area is 99.0 Å². The third-order valence-corrected chi connectivity index (χ3v) is 2.19. The maximum Gasteiger partial charge on any atom is 0.248 e. The molecule has 0 saturated carbocycles. The Morgan fingerprint density at radius 2 is 1.94 bits per heavy atom. The maximum atomic E-state index is 11.4. The van der Waals surface area contributed by atoms with E-state index in [4.69, 9.17) is 5.73 Å². The van der Waals surface area contributed by atoms with Crippen LogP contribution in [0.25, 0.3) is 0 Å². The van der Waals surface area contributed by atoms with E-state index in [1.165, 1.54) is 13.0 Å². The molecule has 90 valence electrons. The van der Waals surface area contributed by atoms with Gasteiger partial charge >= 0.3 is 0 Å². The van der Waals surface area contributed by atoms with E-state index in [9.17, 15) is 14.4 Å². The second-order valence-corrected chi connectivity index (χ2v) is 3.82. The molecule has 0 aliphatic carbocycles. The van der Waals surface area contributed by atoms with Crippen LogP contribution in [0.1, 0.15) is 29.3 Å². The summed E-state index contributed by atoms with van der Waals surface area (Å²) in [6.45, 7) is 3.10. The van der Waals surface area contributed by atoms with E-state index in [1.807, 2.05) is 0 Å². The highest BCUT2D eigenvalue weighted by atomic mass is 16.2. The van der Waals surface area contributed by atoms with Crippen molar-refractivity contribution in [1.29, 1.82) is 0 Å². The van der Waals surface area contributed by atoms with E-state index >= 15 is 0 Å². The SMILES string of the molecule is CC(=O)CC(=O)Nc1ccc(C(N)=O)cc1C. The highest BCUT2D eigenvalue weighted by molar-refractivity contribution is 6.04. The number of Topliss-reactive ketones (excluding diaryl/α,β-unsaturated/α-hetero) is 1. The van der Waals surface area contributed by atoms with Crippen LogP contribution >= 0.6 is 0 Å². The number of hydrogen-bond donors (Lipinski definition) is 2. The molecule has 1 aromatic carbocycles. The summed E-state index contributed by atoms with van der Waals surface area (Å²) in [5.41, 5.74) is 6.80. The van der Waals surface area contributed by atoms with Gasteiger partial charge in [-0.25, -0.2) is 0 Å². The van der Waals surface area contributed by atoms with E-state index in [0.717, 1.165) is 5.56 Å². The van der Waals surface area contributed by atoms with Gasteiger partial charge in [-0.15, -0.1) is 0 Å². The first-order chi connectivity index (χ1) is 7.90. The first-order valence-electron chi connectivity index (χ1n) is 5.10. The lowest BCUT2D eigenvalue weighted by molar-refractivity contribution is -0.124. The highest BCUT2D eigenvalue weighted by Crippen LogP contribution is 2.16. The van der Waals surface area contributed by atoms with Crippen LogP contribution in [0.2, 0.25) is 0 Å². The number of rotatable bonds is 4. The number of carbonyl (C=O) groups excluding carboxylic acids is 3. The molecular formula is C12H14N2O3. The van der Waals surface area contributed by atoms with Gasteiger partial charge in [0.15, 0.2) is 0 Å². The number of anilines is 1. The average molecular weight is 234 g/mol. The van der Waals surface area contributed by atoms with Crippen molar-refractivity contribution >= 4 is 23.3 Å². The molecule has 1 aromatic rings. The Kier molecular flexibility index (Phi) is 3.98. The third-order valence-electron chi connectivity index (χ3n) is 2.19. The summed E-state index contributed by atoms with van der Waals surface area (Å²) in [6, 6.07) is 4.71. The van der Waals surface area contributed by atoms with Crippen molar-refractivity contribution in [1.82, 2.24) is 0 Å². The Hall–Kier alpha value is -2.17. The summed E-state index contributed by atoms with van der Waals surface area (Å²) in [4.78, 5) is 33.0. The Morgan fingerprint density at radius 3 is 2.41 bits per heavy atom. The van der Waals surface area contributed by atoms with Gasteiger partial charge in [-0.05, 0) is 37.6 Å². The predicted octanol–water partition coefficient (Wildman–Crippen LogP) is 1.01. The Bertz CT molecular complexity index is 481. The van der Waals surface area contributed by atoms with Crippen LogP contribution in [0, 0.1) is 6.92 Å². The van der Waals surface area contributed by atoms with Gasteiger partial charge in [0.25, 0.3) is 0 Å². The fraction of sp³-hybridized carbons (Fsp3) is 0.250. The third kappa shape index (κ3) is 3.71. The van der Waals surface area contributed by atoms with Crippen LogP contribution in [-0.2, 0) is 9.59 Å². The molecule has 5 heteroatoms. The molecule has 0 aliphatic rings. The first kappa shape index (κ1) is 12.9. The summed E-state index contributed by atoms with van der Waals surface area (Å²) in [5, 5.41) is 2.60. The molecule has 0 spiro atoms. The number of primary amides is 1. The first-order valence-corrected chi connectivity index (χ1v) is 5.10. The minimum atomic E-state index is -0.519. The number of hydrogen-bond acceptors (Lipinski definition) is 3. The van der Waals surface area contributed by atoms with Gasteiger partial charge in [-0.2, -0.15) is 0 Å². The summed E-state index contributed by atoms with van der Waals surface area (Å²) < 4.78 is 0. The predicted molar refractivity (Wildman–Crippen MR) is 63.6 cm³/mol. The van der Waals surface area contributed by atoms with Gasteiger partial charge in [-0.1, -0.05) is 0 Å². The molecule has 0 fully saturated rings. The van der Waals surface area contributed by atoms with E-state index in [0.29, 0.717) is 11.3 Å². The lowest BCUT2D eigenvalue weighted by atomic mass is 10.1. The van der Waals surface area contributed by atoms with Crippen molar-refractivity contribution in [2.75, 3.05) is 5.32 Å². The smallest absolute Gasteiger partial charge is 0.248 e. The van der Waals surface area contributed by atoms with Crippen molar-refractivity contribution in [3.63, 3.8) is 0 Å². The largest absolute Gasteiger partial charge is 0.366 e. The van der Waals surface area contributed by atoms with Crippen molar-refractivity contribution < 1.29 is 14.4 Å². The van der Waals surface area contributed by atoms with Crippen LogP contribution in [0.5, 0.6) is 0 Å². The summed E-state index contributed by atoms with van der Waals surface area (Å²) in [6.07, 6.45) is -0.156. The molecule has 17 heavy (non-hydrogen) atoms. The zero-order valence-electron chi connectivity index (χ0n) is 9.74. The standard InChI is InChI=1S/C12H14N2O3/c1-7-5-9(12(13)17)3-4-10(7)14-11(16)6-8(2)15/h3-5H,6H2,1-2H3,(H2,13,17)(H,14,16). The molecule has 5 nitrogen and oxygen atoms in total. The fourth-order valence-electron chi connectivity index (χ4n) is 1.38. The van der Waals surface area contributed by atoms with Crippen LogP contribution in [0.4, 0.5) is 5.69 Å². The van der Waals surface area contributed by atoms with Gasteiger partial charge in [0.05, 0.1) is 6.42 Å². The number of amides is 2. The molecular weight excluding hydrogens is 220 g/mol. The molecule has 1 rings (SSSR count). The van der Waals surface area contributed by atoms with Crippen molar-refractivity contribution in [3.8, 4) is 0 Å². The molecule has 0 bridgehead atoms. The van der Waals surface area contributed by atoms with Crippen LogP contribution < -0.4 is 11.1 Å². The number of aryl methyl sites for hydroxylation is 1. The number of nitrogens with two attached hydrogens (primary N) is 1. The molecule has 0 aliphatic heterocycles. The van der Waals surface area contributed by atoms with Crippen LogP contribution in [-0.4, -0.2) is 17.6 Å². The molecule has 2 amide bonds. The van der Waals surface area contributed by atoms with E-state index in [-0.39, 0.29) is 18.1 Å². The topological polar surface area (TPSA) is 89.3 Å². The number of carbonyl (C=O) groups is 3. The average Bonchev–Trinajstić information content (AvgIpc) is 2.19. The monoisotopic (exact) mass is 234 g/mol. The van der Waals surface area contributed by atoms with Crippen molar-refractivity contribution in [3.05, 3.63) is 29.3 Å². The molecule has 0 heterocycles. The number of ketones is 1. The quantitative estimate of drug-likeness (QED) is 0.762. The van der Waals surface area contributed by atoms with Gasteiger partial charge in [0, 0.05) is 11.3 Å². The zero-order valence-corrected chi connectivity index (χ0v) is 9.74. The molecule has 0 saturated heterocycles. The van der Waals surface area contributed by atoms with Crippen LogP contribution in [0.15, 0.2) is 18.2 Å². The highest BCUT2D eigenvalue weighted by Gasteiger charge is 2.08. The van der Waals surface area contributed by atoms with Gasteiger partial charge in [0.2, 0.25) is 11.8 Å². The maximum absolute atomic E-state index is 11.4. The van der Waals surface area contributed by atoms with Crippen LogP contribution in [0.3, 0.4) is 0 Å². The minimum absolute atomic E-state index is 0.156. The van der Waals surface area contributed by atoms with E-state index in [1.54, 1.807) is 19.1 Å². The Balaban J connectivity index is 2.83. The molecule has 0 atom stereocenters. The second-order valence-electron chi connectivity index (χ2n) is 3.82. The summed E-state index contributed by atoms with van der Waals surface area (Å²) in [5.74, 6) is -1.09. The van der Waals surface area contributed by atoms with E-state index < -0.39 is 5.91 Å². The van der Waals surface area contributed by atoms with Gasteiger partial charge in [-0.3, -0.25) is 14.4 Å². The lowest BCUT2D eigenvalue weighted by Gasteiger charge is -2.08. The molecule has 3 N–H and O–H groups in total. The summed E-state index contributed by atoms with van der Waals surface area (Å²) >= 11 is 0. The number of benzene rings is 1. The van der Waals surface area contributed by atoms with Crippen molar-refractivity contribution in [2.45, 2.75) is 20.3 Å².